The molecule has 0 bridgehead atoms. The van der Waals surface area contributed by atoms with Gasteiger partial charge < -0.3 is 19.9 Å². The van der Waals surface area contributed by atoms with Crippen LogP contribution in [0.3, 0.4) is 0 Å². The summed E-state index contributed by atoms with van der Waals surface area (Å²) in [4.78, 5) is 4.02. The lowest BCUT2D eigenvalue weighted by molar-refractivity contribution is 0.00618. The molecule has 1 aromatic heterocycles. The van der Waals surface area contributed by atoms with Crippen molar-refractivity contribution < 1.29 is 14.2 Å². The molecule has 1 heterocycles. The maximum Gasteiger partial charge on any atom is 0.147 e. The Balaban J connectivity index is 3.38. The molecule has 0 radical (unpaired) electrons. The molecule has 0 aliphatic carbocycles. The van der Waals surface area contributed by atoms with Crippen molar-refractivity contribution in [1.82, 2.24) is 4.98 Å². The van der Waals surface area contributed by atoms with Crippen molar-refractivity contribution in [2.75, 3.05) is 27.9 Å². The molecule has 1 unspecified atom stereocenters. The van der Waals surface area contributed by atoms with E-state index < -0.39 is 5.60 Å². The van der Waals surface area contributed by atoms with Gasteiger partial charge in [-0.25, -0.2) is 0 Å². The summed E-state index contributed by atoms with van der Waals surface area (Å²) in [6.07, 6.45) is 3.23. The highest BCUT2D eigenvalue weighted by Crippen LogP contribution is 2.38. The first-order valence-electron chi connectivity index (χ1n) is 4.94. The average Bonchev–Trinajstić information content (AvgIpc) is 2.36. The molecule has 0 saturated heterocycles. The molecule has 1 aromatic rings. The van der Waals surface area contributed by atoms with Crippen LogP contribution in [0.5, 0.6) is 11.5 Å². The van der Waals surface area contributed by atoms with E-state index in [-0.39, 0.29) is 0 Å². The number of pyridine rings is 1. The van der Waals surface area contributed by atoms with Gasteiger partial charge in [-0.05, 0) is 6.92 Å². The number of hydrogen-bond acceptors (Lipinski definition) is 5. The van der Waals surface area contributed by atoms with E-state index >= 15 is 0 Å². The fraction of sp³-hybridized carbons (Fsp3) is 0.545. The van der Waals surface area contributed by atoms with Gasteiger partial charge in [0.1, 0.15) is 17.1 Å². The Bertz CT molecular complexity index is 329. The van der Waals surface area contributed by atoms with Crippen LogP contribution in [0.15, 0.2) is 12.4 Å². The predicted molar refractivity (Wildman–Crippen MR) is 60.8 cm³/mol. The van der Waals surface area contributed by atoms with Crippen LogP contribution in [0.25, 0.3) is 0 Å². The Hall–Kier alpha value is -1.33. The topological polar surface area (TPSA) is 66.6 Å². The van der Waals surface area contributed by atoms with E-state index in [1.807, 2.05) is 6.92 Å². The van der Waals surface area contributed by atoms with Gasteiger partial charge in [0.15, 0.2) is 0 Å². The summed E-state index contributed by atoms with van der Waals surface area (Å²) >= 11 is 0. The van der Waals surface area contributed by atoms with Gasteiger partial charge in [-0.15, -0.1) is 0 Å². The van der Waals surface area contributed by atoms with Crippen molar-refractivity contribution in [2.45, 2.75) is 12.5 Å². The number of methoxy groups -OCH3 is 3. The maximum absolute atomic E-state index is 5.74. The molecule has 0 saturated carbocycles. The number of hydrogen-bond donors (Lipinski definition) is 1. The Labute approximate surface area is 95.5 Å². The molecular formula is C11H18N2O3. The standard InChI is InChI=1S/C11H18N2O3/c1-11(7-12,16-4)10-8(14-2)5-13-6-9(10)15-3/h5-6H,7,12H2,1-4H3. The molecular weight excluding hydrogens is 208 g/mol. The summed E-state index contributed by atoms with van der Waals surface area (Å²) in [7, 11) is 4.76. The molecule has 5 heteroatoms. The zero-order valence-electron chi connectivity index (χ0n) is 10.1. The molecule has 2 N–H and O–H groups in total. The highest BCUT2D eigenvalue weighted by atomic mass is 16.5. The van der Waals surface area contributed by atoms with Crippen molar-refractivity contribution in [3.05, 3.63) is 18.0 Å². The Morgan fingerprint density at radius 2 is 1.69 bits per heavy atom. The van der Waals surface area contributed by atoms with Crippen LogP contribution in [-0.4, -0.2) is 32.9 Å². The number of ether oxygens (including phenoxy) is 3. The van der Waals surface area contributed by atoms with Crippen molar-refractivity contribution >= 4 is 0 Å². The van der Waals surface area contributed by atoms with Crippen LogP contribution in [0.2, 0.25) is 0 Å². The second kappa shape index (κ2) is 5.14. The van der Waals surface area contributed by atoms with Gasteiger partial charge >= 0.3 is 0 Å². The quantitative estimate of drug-likeness (QED) is 0.808. The van der Waals surface area contributed by atoms with Gasteiger partial charge in [-0.3, -0.25) is 4.98 Å². The summed E-state index contributed by atoms with van der Waals surface area (Å²) in [5.74, 6) is 1.21. The van der Waals surface area contributed by atoms with Crippen molar-refractivity contribution in [2.24, 2.45) is 5.73 Å². The van der Waals surface area contributed by atoms with Gasteiger partial charge in [-0.1, -0.05) is 0 Å². The SMILES string of the molecule is COc1cncc(OC)c1C(C)(CN)OC. The molecule has 5 nitrogen and oxygen atoms in total. The van der Waals surface area contributed by atoms with Gasteiger partial charge in [-0.2, -0.15) is 0 Å². The number of nitrogens with zero attached hydrogens (tertiary/aromatic N) is 1. The van der Waals surface area contributed by atoms with Crippen LogP contribution in [-0.2, 0) is 10.3 Å². The van der Waals surface area contributed by atoms with Crippen LogP contribution in [0.4, 0.5) is 0 Å². The zero-order chi connectivity index (χ0) is 12.2. The monoisotopic (exact) mass is 226 g/mol. The van der Waals surface area contributed by atoms with E-state index in [2.05, 4.69) is 4.98 Å². The van der Waals surface area contributed by atoms with E-state index in [4.69, 9.17) is 19.9 Å². The fourth-order valence-electron chi connectivity index (χ4n) is 1.54. The molecule has 0 aliphatic rings. The minimum atomic E-state index is -0.653. The first kappa shape index (κ1) is 12.7. The highest BCUT2D eigenvalue weighted by molar-refractivity contribution is 5.46. The molecule has 90 valence electrons. The molecule has 0 spiro atoms. The van der Waals surface area contributed by atoms with E-state index in [9.17, 15) is 0 Å². The van der Waals surface area contributed by atoms with Crippen molar-refractivity contribution in [3.8, 4) is 11.5 Å². The zero-order valence-corrected chi connectivity index (χ0v) is 10.1. The lowest BCUT2D eigenvalue weighted by Crippen LogP contribution is -2.34. The van der Waals surface area contributed by atoms with Crippen molar-refractivity contribution in [1.29, 1.82) is 0 Å². The summed E-state index contributed by atoms with van der Waals surface area (Å²) in [6.45, 7) is 2.20. The first-order valence-corrected chi connectivity index (χ1v) is 4.94. The van der Waals surface area contributed by atoms with Crippen LogP contribution >= 0.6 is 0 Å². The second-order valence-electron chi connectivity index (χ2n) is 3.56. The third kappa shape index (κ3) is 2.10. The van der Waals surface area contributed by atoms with Crippen LogP contribution < -0.4 is 15.2 Å². The number of rotatable bonds is 5. The van der Waals surface area contributed by atoms with Crippen LogP contribution in [0.1, 0.15) is 12.5 Å². The minimum Gasteiger partial charge on any atom is -0.495 e. The van der Waals surface area contributed by atoms with E-state index in [1.165, 1.54) is 0 Å². The summed E-state index contributed by atoms with van der Waals surface area (Å²) in [6, 6.07) is 0. The summed E-state index contributed by atoms with van der Waals surface area (Å²) in [5, 5.41) is 0. The number of nitrogens with two attached hydrogens (primary N) is 1. The molecule has 1 atom stereocenters. The predicted octanol–water partition coefficient (Wildman–Crippen LogP) is 0.919. The third-order valence-electron chi connectivity index (χ3n) is 2.69. The molecule has 16 heavy (non-hydrogen) atoms. The lowest BCUT2D eigenvalue weighted by Gasteiger charge is -2.29. The molecule has 0 aliphatic heterocycles. The fourth-order valence-corrected chi connectivity index (χ4v) is 1.54. The normalized spacial score (nSPS) is 14.3. The lowest BCUT2D eigenvalue weighted by atomic mass is 9.95. The summed E-state index contributed by atoms with van der Waals surface area (Å²) < 4.78 is 16.0. The van der Waals surface area contributed by atoms with E-state index in [0.717, 1.165) is 5.56 Å². The second-order valence-corrected chi connectivity index (χ2v) is 3.56. The van der Waals surface area contributed by atoms with Gasteiger partial charge in [0.05, 0.1) is 32.2 Å². The van der Waals surface area contributed by atoms with Crippen molar-refractivity contribution in [3.63, 3.8) is 0 Å². The van der Waals surface area contributed by atoms with Gasteiger partial charge in [0.25, 0.3) is 0 Å². The van der Waals surface area contributed by atoms with Gasteiger partial charge in [0, 0.05) is 13.7 Å². The first-order chi connectivity index (χ1) is 7.62. The molecule has 0 aromatic carbocycles. The Morgan fingerprint density at radius 3 is 2.00 bits per heavy atom. The van der Waals surface area contributed by atoms with Gasteiger partial charge in [0.2, 0.25) is 0 Å². The van der Waals surface area contributed by atoms with Crippen LogP contribution in [0, 0.1) is 0 Å². The van der Waals surface area contributed by atoms with E-state index in [1.54, 1.807) is 33.7 Å². The maximum atomic E-state index is 5.74. The Morgan fingerprint density at radius 1 is 1.19 bits per heavy atom. The number of aromatic nitrogens is 1. The highest BCUT2D eigenvalue weighted by Gasteiger charge is 2.32. The Kier molecular flexibility index (Phi) is 4.09. The molecule has 0 fully saturated rings. The molecule has 0 amide bonds. The molecule has 1 rings (SSSR count). The smallest absolute Gasteiger partial charge is 0.147 e. The van der Waals surface area contributed by atoms with E-state index in [0.29, 0.717) is 18.0 Å². The minimum absolute atomic E-state index is 0.320. The largest absolute Gasteiger partial charge is 0.495 e. The third-order valence-corrected chi connectivity index (χ3v) is 2.69. The average molecular weight is 226 g/mol. The summed E-state index contributed by atoms with van der Waals surface area (Å²) in [5.41, 5.74) is 5.86.